The topological polar surface area (TPSA) is 155 Å². The molecule has 2 aliphatic heterocycles. The molecule has 0 fully saturated rings. The van der Waals surface area contributed by atoms with E-state index in [4.69, 9.17) is 0 Å². The molecule has 10 nitrogen and oxygen atoms in total. The number of thiophene rings is 1. The zero-order valence-electron chi connectivity index (χ0n) is 29.0. The number of Topliss-reactive ketones (excluding diaryl/α,β-unsaturated/α-hetero) is 1. The van der Waals surface area contributed by atoms with Crippen LogP contribution < -0.4 is 30.6 Å². The van der Waals surface area contributed by atoms with Crippen molar-refractivity contribution >= 4 is 89.7 Å². The summed E-state index contributed by atoms with van der Waals surface area (Å²) in [7, 11) is 0. The molecule has 3 aromatic carbocycles. The van der Waals surface area contributed by atoms with E-state index in [9.17, 15) is 39.3 Å². The molecule has 1 aliphatic carbocycles. The van der Waals surface area contributed by atoms with Crippen LogP contribution in [0.4, 0.5) is 11.4 Å². The van der Waals surface area contributed by atoms with E-state index in [0.29, 0.717) is 20.5 Å². The molecule has 0 radical (unpaired) electrons. The number of rotatable bonds is 8. The molecule has 1 aromatic heterocycles. The summed E-state index contributed by atoms with van der Waals surface area (Å²) in [5.74, 6) is -2.87. The predicted octanol–water partition coefficient (Wildman–Crippen LogP) is 3.99. The zero-order chi connectivity index (χ0) is 38.3. The van der Waals surface area contributed by atoms with Crippen LogP contribution in [0.5, 0.6) is 0 Å². The number of ketones is 1. The molecule has 270 valence electrons. The summed E-state index contributed by atoms with van der Waals surface area (Å²) >= 11 is 8.04. The Labute approximate surface area is 323 Å². The van der Waals surface area contributed by atoms with Gasteiger partial charge in [-0.1, -0.05) is 51.5 Å². The van der Waals surface area contributed by atoms with E-state index in [2.05, 4.69) is 31.9 Å². The van der Waals surface area contributed by atoms with Crippen LogP contribution in [0.1, 0.15) is 51.7 Å². The molecular weight excluding hydrogens is 828 g/mol. The van der Waals surface area contributed by atoms with Crippen LogP contribution in [-0.2, 0) is 25.2 Å². The van der Waals surface area contributed by atoms with Gasteiger partial charge in [0.1, 0.15) is 6.42 Å². The predicted molar refractivity (Wildman–Crippen MR) is 207 cm³/mol. The van der Waals surface area contributed by atoms with Crippen molar-refractivity contribution in [1.29, 1.82) is 0 Å². The SMILES string of the molecule is CC1(C)C(C=c2c(=O)c(=c3cc/c(=C4/C(=O)C(/C=C5/N(CCC(=O)O)c6ccc(Br)cc6C5(C)C)=C4[O-])s3)c2=O)=[N+](CCC(=O)O)c2ccc(Br)cc21. The summed E-state index contributed by atoms with van der Waals surface area (Å²) < 4.78 is 4.22. The third kappa shape index (κ3) is 5.89. The summed E-state index contributed by atoms with van der Waals surface area (Å²) in [6, 6.07) is 14.5. The maximum atomic E-state index is 13.6. The minimum atomic E-state index is -0.970. The van der Waals surface area contributed by atoms with E-state index in [1.165, 1.54) is 0 Å². The minimum absolute atomic E-state index is 0.0180. The molecule has 13 heteroatoms. The highest BCUT2D eigenvalue weighted by Gasteiger charge is 2.45. The lowest BCUT2D eigenvalue weighted by Gasteiger charge is -2.32. The summed E-state index contributed by atoms with van der Waals surface area (Å²) in [6.45, 7) is 8.13. The Kier molecular flexibility index (Phi) is 8.98. The number of hydrogen-bond donors (Lipinski definition) is 2. The number of allylic oxidation sites excluding steroid dienone is 4. The fourth-order valence-corrected chi connectivity index (χ4v) is 9.33. The Morgan fingerprint density at radius 2 is 1.47 bits per heavy atom. The number of nitrogens with zero attached hydrogens (tertiary/aromatic N) is 2. The number of carbonyl (C=O) groups excluding carboxylic acids is 1. The number of fused-ring (bicyclic) bond motifs is 2. The third-order valence-electron chi connectivity index (χ3n) is 10.4. The second-order valence-electron chi connectivity index (χ2n) is 14.3. The molecule has 0 spiro atoms. The third-order valence-corrected chi connectivity index (χ3v) is 12.5. The van der Waals surface area contributed by atoms with Crippen molar-refractivity contribution in [3.63, 3.8) is 0 Å². The van der Waals surface area contributed by atoms with Gasteiger partial charge in [0.2, 0.25) is 16.5 Å². The second kappa shape index (κ2) is 13.0. The van der Waals surface area contributed by atoms with Crippen molar-refractivity contribution in [3.8, 4) is 0 Å². The lowest BCUT2D eigenvalue weighted by Crippen LogP contribution is -2.51. The summed E-state index contributed by atoms with van der Waals surface area (Å²) in [5.41, 5.74) is 2.48. The molecule has 0 bridgehead atoms. The van der Waals surface area contributed by atoms with Crippen LogP contribution in [0.3, 0.4) is 0 Å². The molecule has 2 N–H and O–H groups in total. The maximum absolute atomic E-state index is 13.6. The standard InChI is InChI=1S/C40H32Br2N2O8S/c1-39(2)23-15-19(41)5-7-25(23)43(13-11-31(45)46)29(39)17-21-35(49)33(36(21)50)27-9-10-28(53-27)34-37(51)22(38(34)52)18-30-40(3,4)24-16-20(42)6-8-26(24)44(30)14-12-32(47)48/h5-10,15-18H,11-14H2,1-4H3,(H2-,45,46,47,48,49,50)/b22-18?,29-17+,34-28?. The number of carboxylic acid groups (broad SMARTS) is 2. The molecule has 0 saturated carbocycles. The Morgan fingerprint density at radius 1 is 0.849 bits per heavy atom. The van der Waals surface area contributed by atoms with Gasteiger partial charge in [0, 0.05) is 70.2 Å². The Balaban J connectivity index is 1.30. The van der Waals surface area contributed by atoms with Gasteiger partial charge in [-0.3, -0.25) is 24.0 Å². The normalized spacial score (nSPS) is 18.9. The van der Waals surface area contributed by atoms with Crippen LogP contribution in [0.25, 0.3) is 11.6 Å². The molecule has 0 atom stereocenters. The number of benzene rings is 2. The first kappa shape index (κ1) is 36.6. The monoisotopic (exact) mass is 858 g/mol. The van der Waals surface area contributed by atoms with Crippen LogP contribution >= 0.6 is 43.2 Å². The number of halogens is 2. The first-order valence-electron chi connectivity index (χ1n) is 16.7. The average Bonchev–Trinajstić information content (AvgIpc) is 3.69. The number of carboxylic acids is 2. The van der Waals surface area contributed by atoms with Gasteiger partial charge < -0.3 is 20.2 Å². The van der Waals surface area contributed by atoms with E-state index >= 15 is 0 Å². The Morgan fingerprint density at radius 3 is 2.11 bits per heavy atom. The average molecular weight is 861 g/mol. The summed E-state index contributed by atoms with van der Waals surface area (Å²) in [6.07, 6.45) is 2.83. The van der Waals surface area contributed by atoms with E-state index < -0.39 is 45.2 Å². The van der Waals surface area contributed by atoms with Gasteiger partial charge in [-0.2, -0.15) is 4.58 Å². The van der Waals surface area contributed by atoms with Crippen molar-refractivity contribution in [2.24, 2.45) is 0 Å². The highest BCUT2D eigenvalue weighted by Crippen LogP contribution is 2.50. The molecule has 7 rings (SSSR count). The fourth-order valence-electron chi connectivity index (χ4n) is 7.53. The van der Waals surface area contributed by atoms with E-state index in [-0.39, 0.29) is 47.5 Å². The molecule has 53 heavy (non-hydrogen) atoms. The van der Waals surface area contributed by atoms with Gasteiger partial charge in [0.25, 0.3) is 0 Å². The molecule has 4 aromatic rings. The van der Waals surface area contributed by atoms with Gasteiger partial charge in [-0.25, -0.2) is 0 Å². The van der Waals surface area contributed by atoms with Crippen molar-refractivity contribution < 1.29 is 34.3 Å². The molecular formula is C40H32Br2N2O8S. The van der Waals surface area contributed by atoms with E-state index in [0.717, 1.165) is 42.8 Å². The van der Waals surface area contributed by atoms with Gasteiger partial charge in [-0.15, -0.1) is 11.3 Å². The molecule has 3 heterocycles. The maximum Gasteiger partial charge on any atom is 0.309 e. The van der Waals surface area contributed by atoms with Crippen LogP contribution in [0.15, 0.2) is 90.2 Å². The molecule has 3 aliphatic rings. The molecule has 0 amide bonds. The highest BCUT2D eigenvalue weighted by molar-refractivity contribution is 9.10. The molecule has 0 unspecified atom stereocenters. The number of aliphatic carboxylic acids is 2. The van der Waals surface area contributed by atoms with Gasteiger partial charge in [-0.05, 0) is 68.0 Å². The summed E-state index contributed by atoms with van der Waals surface area (Å²) in [5, 5.41) is 32.3. The largest absolute Gasteiger partial charge is 0.871 e. The zero-order valence-corrected chi connectivity index (χ0v) is 33.0. The number of hydrogen-bond acceptors (Lipinski definition) is 8. The summed E-state index contributed by atoms with van der Waals surface area (Å²) in [4.78, 5) is 65.5. The van der Waals surface area contributed by atoms with Crippen LogP contribution in [0.2, 0.25) is 0 Å². The first-order valence-corrected chi connectivity index (χ1v) is 19.1. The Hall–Kier alpha value is -4.72. The van der Waals surface area contributed by atoms with Gasteiger partial charge in [0.15, 0.2) is 18.0 Å². The van der Waals surface area contributed by atoms with Gasteiger partial charge in [0.05, 0.1) is 22.3 Å². The molecule has 0 saturated heterocycles. The van der Waals surface area contributed by atoms with Crippen molar-refractivity contribution in [1.82, 2.24) is 0 Å². The minimum Gasteiger partial charge on any atom is -0.871 e. The van der Waals surface area contributed by atoms with Crippen molar-refractivity contribution in [3.05, 3.63) is 132 Å². The smallest absolute Gasteiger partial charge is 0.309 e. The second-order valence-corrected chi connectivity index (χ2v) is 17.2. The lowest BCUT2D eigenvalue weighted by atomic mass is 9.80. The number of carbonyl (C=O) groups is 3. The number of anilines is 1. The van der Waals surface area contributed by atoms with E-state index in [1.54, 1.807) is 24.3 Å². The van der Waals surface area contributed by atoms with Crippen LogP contribution in [0, 0.1) is 9.75 Å². The highest BCUT2D eigenvalue weighted by atomic mass is 79.9. The lowest BCUT2D eigenvalue weighted by molar-refractivity contribution is -0.436. The quantitative estimate of drug-likeness (QED) is 0.251. The van der Waals surface area contributed by atoms with Crippen LogP contribution in [-0.4, -0.2) is 51.3 Å². The van der Waals surface area contributed by atoms with E-state index in [1.807, 2.05) is 73.6 Å². The van der Waals surface area contributed by atoms with Crippen molar-refractivity contribution in [2.45, 2.75) is 51.4 Å². The van der Waals surface area contributed by atoms with Gasteiger partial charge >= 0.3 is 11.9 Å². The Bertz CT molecular complexity index is 2710. The first-order chi connectivity index (χ1) is 24.9. The van der Waals surface area contributed by atoms with Crippen molar-refractivity contribution in [2.75, 3.05) is 18.0 Å². The fraction of sp³-hybridized carbons (Fsp3) is 0.250.